The van der Waals surface area contributed by atoms with Crippen molar-refractivity contribution >= 4 is 11.7 Å². The van der Waals surface area contributed by atoms with Gasteiger partial charge in [0.1, 0.15) is 11.1 Å². The number of amides is 1. The minimum Gasteiger partial charge on any atom is -0.409 e. The Morgan fingerprint density at radius 3 is 2.26 bits per heavy atom. The summed E-state index contributed by atoms with van der Waals surface area (Å²) in [4.78, 5) is 12.3. The highest BCUT2D eigenvalue weighted by atomic mass is 16.5. The molecule has 0 unspecified atom stereocenters. The average Bonchev–Trinajstić information content (AvgIpc) is 2.64. The number of amidine groups is 1. The molecular weight excluding hydrogens is 246 g/mol. The minimum absolute atomic E-state index is 0.0784. The Labute approximate surface area is 114 Å². The van der Waals surface area contributed by atoms with Gasteiger partial charge in [-0.2, -0.15) is 0 Å². The fraction of sp³-hybridized carbons (Fsp3) is 0.846. The van der Waals surface area contributed by atoms with Gasteiger partial charge < -0.3 is 21.0 Å². The van der Waals surface area contributed by atoms with E-state index in [4.69, 9.17) is 15.7 Å². The van der Waals surface area contributed by atoms with Crippen LogP contribution in [0.2, 0.25) is 0 Å². The highest BCUT2D eigenvalue weighted by Crippen LogP contribution is 2.28. The van der Waals surface area contributed by atoms with Crippen LogP contribution in [0, 0.1) is 0 Å². The zero-order valence-electron chi connectivity index (χ0n) is 12.0. The van der Waals surface area contributed by atoms with Crippen molar-refractivity contribution in [2.24, 2.45) is 10.9 Å². The molecule has 0 aromatic carbocycles. The van der Waals surface area contributed by atoms with Gasteiger partial charge in [-0.05, 0) is 26.7 Å². The zero-order valence-corrected chi connectivity index (χ0v) is 12.0. The molecule has 0 saturated heterocycles. The Bertz CT molecular complexity index is 345. The SMILES string of the molecule is COC(C)(C)C(=O)NC1(C(N)=NO)CCCCCC1. The van der Waals surface area contributed by atoms with Crippen LogP contribution in [0.1, 0.15) is 52.4 Å². The lowest BCUT2D eigenvalue weighted by atomic mass is 9.88. The van der Waals surface area contributed by atoms with Crippen LogP contribution in [0.25, 0.3) is 0 Å². The summed E-state index contributed by atoms with van der Waals surface area (Å²) in [6.07, 6.45) is 5.48. The number of oxime groups is 1. The second kappa shape index (κ2) is 6.23. The number of nitrogens with one attached hydrogen (secondary N) is 1. The molecular formula is C13H25N3O3. The minimum atomic E-state index is -0.935. The molecule has 0 spiro atoms. The number of hydrogen-bond acceptors (Lipinski definition) is 4. The van der Waals surface area contributed by atoms with Gasteiger partial charge in [-0.15, -0.1) is 0 Å². The van der Waals surface area contributed by atoms with Crippen molar-refractivity contribution in [1.29, 1.82) is 0 Å². The first-order chi connectivity index (χ1) is 8.88. The summed E-state index contributed by atoms with van der Waals surface area (Å²) in [6.45, 7) is 3.39. The van der Waals surface area contributed by atoms with Gasteiger partial charge in [0.15, 0.2) is 5.84 Å². The Morgan fingerprint density at radius 2 is 1.84 bits per heavy atom. The topological polar surface area (TPSA) is 96.9 Å². The molecule has 4 N–H and O–H groups in total. The molecule has 1 aliphatic carbocycles. The lowest BCUT2D eigenvalue weighted by Gasteiger charge is -2.35. The van der Waals surface area contributed by atoms with E-state index >= 15 is 0 Å². The van der Waals surface area contributed by atoms with Gasteiger partial charge in [0, 0.05) is 7.11 Å². The number of methoxy groups -OCH3 is 1. The lowest BCUT2D eigenvalue weighted by molar-refractivity contribution is -0.141. The lowest BCUT2D eigenvalue weighted by Crippen LogP contribution is -2.61. The number of carbonyl (C=O) groups excluding carboxylic acids is 1. The van der Waals surface area contributed by atoms with Crippen LogP contribution in [0.4, 0.5) is 0 Å². The molecule has 0 bridgehead atoms. The molecule has 1 amide bonds. The third-order valence-electron chi connectivity index (χ3n) is 3.97. The molecule has 0 aromatic rings. The summed E-state index contributed by atoms with van der Waals surface area (Å²) < 4.78 is 5.18. The Kier molecular flexibility index (Phi) is 5.17. The van der Waals surface area contributed by atoms with E-state index in [1.807, 2.05) is 0 Å². The summed E-state index contributed by atoms with van der Waals surface area (Å²) in [5, 5.41) is 15.1. The highest BCUT2D eigenvalue weighted by molar-refractivity contribution is 5.95. The fourth-order valence-electron chi connectivity index (χ4n) is 2.33. The quantitative estimate of drug-likeness (QED) is 0.236. The molecule has 1 rings (SSSR count). The van der Waals surface area contributed by atoms with Gasteiger partial charge >= 0.3 is 0 Å². The molecule has 0 aliphatic heterocycles. The predicted octanol–water partition coefficient (Wildman–Crippen LogP) is 1.37. The summed E-state index contributed by atoms with van der Waals surface area (Å²) in [7, 11) is 1.49. The molecule has 6 nitrogen and oxygen atoms in total. The van der Waals surface area contributed by atoms with Crippen molar-refractivity contribution in [1.82, 2.24) is 5.32 Å². The van der Waals surface area contributed by atoms with Crippen LogP contribution in [0.3, 0.4) is 0 Å². The van der Waals surface area contributed by atoms with E-state index in [1.54, 1.807) is 13.8 Å². The van der Waals surface area contributed by atoms with E-state index in [9.17, 15) is 4.79 Å². The van der Waals surface area contributed by atoms with Crippen molar-refractivity contribution in [3.05, 3.63) is 0 Å². The van der Waals surface area contributed by atoms with E-state index in [0.717, 1.165) is 25.7 Å². The third-order valence-corrected chi connectivity index (χ3v) is 3.97. The van der Waals surface area contributed by atoms with Crippen molar-refractivity contribution in [3.63, 3.8) is 0 Å². The maximum absolute atomic E-state index is 12.3. The first-order valence-electron chi connectivity index (χ1n) is 6.74. The second-order valence-electron chi connectivity index (χ2n) is 5.65. The molecule has 110 valence electrons. The normalized spacial score (nSPS) is 20.7. The third kappa shape index (κ3) is 3.59. The summed E-state index contributed by atoms with van der Waals surface area (Å²) in [6, 6.07) is 0. The number of carbonyl (C=O) groups is 1. The van der Waals surface area contributed by atoms with Crippen LogP contribution >= 0.6 is 0 Å². The summed E-state index contributed by atoms with van der Waals surface area (Å²) in [5.41, 5.74) is 4.14. The van der Waals surface area contributed by atoms with E-state index in [0.29, 0.717) is 12.8 Å². The van der Waals surface area contributed by atoms with Crippen LogP contribution in [-0.4, -0.2) is 35.2 Å². The van der Waals surface area contributed by atoms with Crippen molar-refractivity contribution in [2.45, 2.75) is 63.5 Å². The molecule has 0 aromatic heterocycles. The first-order valence-corrected chi connectivity index (χ1v) is 6.74. The highest BCUT2D eigenvalue weighted by Gasteiger charge is 2.40. The Hall–Kier alpha value is -1.30. The maximum Gasteiger partial charge on any atom is 0.252 e. The Balaban J connectivity index is 2.95. The van der Waals surface area contributed by atoms with E-state index in [2.05, 4.69) is 10.5 Å². The van der Waals surface area contributed by atoms with Gasteiger partial charge in [-0.1, -0.05) is 30.8 Å². The molecule has 0 heterocycles. The van der Waals surface area contributed by atoms with Crippen LogP contribution in [0.15, 0.2) is 5.16 Å². The zero-order chi connectivity index (χ0) is 14.5. The molecule has 0 radical (unpaired) electrons. The smallest absolute Gasteiger partial charge is 0.252 e. The van der Waals surface area contributed by atoms with Crippen LogP contribution in [-0.2, 0) is 9.53 Å². The summed E-state index contributed by atoms with van der Waals surface area (Å²) >= 11 is 0. The molecule has 0 atom stereocenters. The second-order valence-corrected chi connectivity index (χ2v) is 5.65. The van der Waals surface area contributed by atoms with Gasteiger partial charge in [0.2, 0.25) is 0 Å². The molecule has 1 saturated carbocycles. The first kappa shape index (κ1) is 15.8. The van der Waals surface area contributed by atoms with Crippen molar-refractivity contribution in [3.8, 4) is 0 Å². The largest absolute Gasteiger partial charge is 0.409 e. The fourth-order valence-corrected chi connectivity index (χ4v) is 2.33. The number of nitrogens with zero attached hydrogens (tertiary/aromatic N) is 1. The van der Waals surface area contributed by atoms with Gasteiger partial charge in [0.25, 0.3) is 5.91 Å². The van der Waals surface area contributed by atoms with E-state index in [-0.39, 0.29) is 11.7 Å². The number of nitrogens with two attached hydrogens (primary N) is 1. The van der Waals surface area contributed by atoms with Crippen LogP contribution in [0.5, 0.6) is 0 Å². The molecule has 1 fully saturated rings. The summed E-state index contributed by atoms with van der Waals surface area (Å²) in [5.74, 6) is -0.168. The number of rotatable bonds is 4. The number of hydrogen-bond donors (Lipinski definition) is 3. The maximum atomic E-state index is 12.3. The monoisotopic (exact) mass is 271 g/mol. The van der Waals surface area contributed by atoms with Crippen LogP contribution < -0.4 is 11.1 Å². The molecule has 1 aliphatic rings. The predicted molar refractivity (Wildman–Crippen MR) is 73.1 cm³/mol. The average molecular weight is 271 g/mol. The van der Waals surface area contributed by atoms with E-state index in [1.165, 1.54) is 7.11 Å². The Morgan fingerprint density at radius 1 is 1.32 bits per heavy atom. The van der Waals surface area contributed by atoms with Gasteiger partial charge in [-0.25, -0.2) is 0 Å². The van der Waals surface area contributed by atoms with Gasteiger partial charge in [0.05, 0.1) is 0 Å². The van der Waals surface area contributed by atoms with Gasteiger partial charge in [-0.3, -0.25) is 4.79 Å². The molecule has 6 heteroatoms. The number of ether oxygens (including phenoxy) is 1. The van der Waals surface area contributed by atoms with Crippen molar-refractivity contribution < 1.29 is 14.7 Å². The van der Waals surface area contributed by atoms with Crippen molar-refractivity contribution in [2.75, 3.05) is 7.11 Å². The van der Waals surface area contributed by atoms with E-state index < -0.39 is 11.1 Å². The molecule has 19 heavy (non-hydrogen) atoms. The standard InChI is InChI=1S/C13H25N3O3/c1-12(2,19-3)11(17)15-13(10(14)16-18)8-6-4-5-7-9-13/h18H,4-9H2,1-3H3,(H2,14,16)(H,15,17).